The second-order valence-electron chi connectivity index (χ2n) is 6.34. The zero-order valence-corrected chi connectivity index (χ0v) is 13.0. The van der Waals surface area contributed by atoms with E-state index < -0.39 is 0 Å². The Balaban J connectivity index is 1.70. The number of Topliss-reactive ketones (excluding diaryl/α,β-unsaturated/α-hetero) is 1. The molecule has 0 aliphatic heterocycles. The van der Waals surface area contributed by atoms with Crippen LogP contribution >= 0.6 is 11.6 Å². The van der Waals surface area contributed by atoms with Gasteiger partial charge in [0.2, 0.25) is 5.91 Å². The molecule has 0 saturated heterocycles. The van der Waals surface area contributed by atoms with Crippen LogP contribution in [-0.4, -0.2) is 11.7 Å². The molecular weight excluding hydrogens is 286 g/mol. The Morgan fingerprint density at radius 2 is 1.90 bits per heavy atom. The van der Waals surface area contributed by atoms with Crippen LogP contribution in [0.2, 0.25) is 5.02 Å². The minimum absolute atomic E-state index is 0.0342. The lowest BCUT2D eigenvalue weighted by Crippen LogP contribution is -2.40. The van der Waals surface area contributed by atoms with Crippen molar-refractivity contribution in [2.75, 3.05) is 5.32 Å². The van der Waals surface area contributed by atoms with Crippen molar-refractivity contribution < 1.29 is 9.59 Å². The highest BCUT2D eigenvalue weighted by molar-refractivity contribution is 6.30. The first kappa shape index (κ1) is 14.6. The van der Waals surface area contributed by atoms with Crippen molar-refractivity contribution in [1.82, 2.24) is 0 Å². The molecule has 2 fully saturated rings. The van der Waals surface area contributed by atoms with Gasteiger partial charge >= 0.3 is 0 Å². The quantitative estimate of drug-likeness (QED) is 0.898. The van der Waals surface area contributed by atoms with Gasteiger partial charge in [-0.25, -0.2) is 0 Å². The van der Waals surface area contributed by atoms with Crippen molar-refractivity contribution in [2.45, 2.75) is 39.0 Å². The first-order chi connectivity index (χ1) is 10.0. The fourth-order valence-electron chi connectivity index (χ4n) is 3.70. The third kappa shape index (κ3) is 2.98. The van der Waals surface area contributed by atoms with Crippen LogP contribution in [0.5, 0.6) is 0 Å². The Hall–Kier alpha value is -1.35. The summed E-state index contributed by atoms with van der Waals surface area (Å²) in [6.07, 6.45) is 4.48. The summed E-state index contributed by atoms with van der Waals surface area (Å²) in [6, 6.07) is 5.46. The lowest BCUT2D eigenvalue weighted by molar-refractivity contribution is -0.136. The van der Waals surface area contributed by atoms with Gasteiger partial charge in [-0.2, -0.15) is 0 Å². The Labute approximate surface area is 130 Å². The van der Waals surface area contributed by atoms with E-state index in [0.717, 1.165) is 30.5 Å². The first-order valence-electron chi connectivity index (χ1n) is 7.65. The lowest BCUT2D eigenvalue weighted by atomic mass is 9.67. The Bertz CT molecular complexity index is 568. The molecule has 112 valence electrons. The molecule has 2 aliphatic carbocycles. The molecule has 1 amide bonds. The molecule has 0 aromatic heterocycles. The van der Waals surface area contributed by atoms with Crippen LogP contribution in [0.3, 0.4) is 0 Å². The number of amides is 1. The molecule has 1 aromatic rings. The summed E-state index contributed by atoms with van der Waals surface area (Å²) < 4.78 is 0. The summed E-state index contributed by atoms with van der Waals surface area (Å²) in [6.45, 7) is 1.93. The molecule has 2 saturated carbocycles. The van der Waals surface area contributed by atoms with Gasteiger partial charge in [-0.15, -0.1) is 0 Å². The molecule has 3 nitrogen and oxygen atoms in total. The highest BCUT2D eigenvalue weighted by Gasteiger charge is 2.41. The van der Waals surface area contributed by atoms with Gasteiger partial charge in [0.1, 0.15) is 5.78 Å². The highest BCUT2D eigenvalue weighted by Crippen LogP contribution is 2.40. The number of nitrogens with one attached hydrogen (secondary N) is 1. The molecule has 2 atom stereocenters. The molecular formula is C17H20ClNO2. The van der Waals surface area contributed by atoms with Crippen LogP contribution in [0.4, 0.5) is 5.69 Å². The molecule has 0 spiro atoms. The number of benzene rings is 1. The largest absolute Gasteiger partial charge is 0.326 e. The number of fused-ring (bicyclic) bond motifs is 2. The number of aryl methyl sites for hydroxylation is 1. The maximum absolute atomic E-state index is 12.5. The van der Waals surface area contributed by atoms with E-state index in [2.05, 4.69) is 5.32 Å². The summed E-state index contributed by atoms with van der Waals surface area (Å²) in [7, 11) is 0. The van der Waals surface area contributed by atoms with Crippen LogP contribution in [0.15, 0.2) is 18.2 Å². The molecule has 21 heavy (non-hydrogen) atoms. The topological polar surface area (TPSA) is 46.2 Å². The fourth-order valence-corrected chi connectivity index (χ4v) is 3.92. The van der Waals surface area contributed by atoms with E-state index in [1.54, 1.807) is 6.07 Å². The molecule has 0 heterocycles. The minimum Gasteiger partial charge on any atom is -0.326 e. The van der Waals surface area contributed by atoms with Crippen LogP contribution < -0.4 is 5.32 Å². The monoisotopic (exact) mass is 305 g/mol. The van der Waals surface area contributed by atoms with Crippen molar-refractivity contribution in [3.8, 4) is 0 Å². The fraction of sp³-hybridized carbons (Fsp3) is 0.529. The van der Waals surface area contributed by atoms with E-state index in [1.807, 2.05) is 19.1 Å². The number of halogens is 1. The van der Waals surface area contributed by atoms with E-state index in [-0.39, 0.29) is 23.7 Å². The normalized spacial score (nSPS) is 28.3. The summed E-state index contributed by atoms with van der Waals surface area (Å²) >= 11 is 5.93. The van der Waals surface area contributed by atoms with Crippen molar-refractivity contribution in [1.29, 1.82) is 0 Å². The second-order valence-corrected chi connectivity index (χ2v) is 6.78. The predicted octanol–water partition coefficient (Wildman–Crippen LogP) is 3.98. The molecule has 1 N–H and O–H groups in total. The average Bonchev–Trinajstić information content (AvgIpc) is 2.41. The molecule has 2 aliphatic rings. The number of rotatable bonds is 2. The number of ketones is 1. The van der Waals surface area contributed by atoms with Gasteiger partial charge in [-0.1, -0.05) is 18.0 Å². The molecule has 2 bridgehead atoms. The summed E-state index contributed by atoms with van der Waals surface area (Å²) in [4.78, 5) is 24.6. The standard InChI is InChI=1S/C17H20ClNO2/c1-10-7-14(18)5-6-15(10)19-17(21)13-8-11-3-2-4-12(9-13)16(11)20/h5-7,11-13H,2-4,8-9H2,1H3,(H,19,21)/t11-,12-/m0/s1. The third-order valence-corrected chi connectivity index (χ3v) is 5.10. The van der Waals surface area contributed by atoms with Gasteiger partial charge in [0.25, 0.3) is 0 Å². The van der Waals surface area contributed by atoms with Crippen molar-refractivity contribution in [3.05, 3.63) is 28.8 Å². The van der Waals surface area contributed by atoms with E-state index in [0.29, 0.717) is 23.6 Å². The van der Waals surface area contributed by atoms with Crippen molar-refractivity contribution in [3.63, 3.8) is 0 Å². The predicted molar refractivity (Wildman–Crippen MR) is 83.4 cm³/mol. The Morgan fingerprint density at radius 1 is 1.24 bits per heavy atom. The zero-order valence-electron chi connectivity index (χ0n) is 12.2. The zero-order chi connectivity index (χ0) is 15.0. The van der Waals surface area contributed by atoms with Crippen LogP contribution in [0.1, 0.15) is 37.7 Å². The van der Waals surface area contributed by atoms with Crippen LogP contribution in [0.25, 0.3) is 0 Å². The number of hydrogen-bond acceptors (Lipinski definition) is 2. The Kier molecular flexibility index (Phi) is 4.03. The average molecular weight is 306 g/mol. The third-order valence-electron chi connectivity index (χ3n) is 4.87. The van der Waals surface area contributed by atoms with Gasteiger partial charge in [0, 0.05) is 28.5 Å². The molecule has 4 heteroatoms. The van der Waals surface area contributed by atoms with E-state index in [1.165, 1.54) is 0 Å². The van der Waals surface area contributed by atoms with Crippen LogP contribution in [0, 0.1) is 24.7 Å². The second kappa shape index (κ2) is 5.80. The van der Waals surface area contributed by atoms with Crippen molar-refractivity contribution in [2.24, 2.45) is 17.8 Å². The first-order valence-corrected chi connectivity index (χ1v) is 8.03. The Morgan fingerprint density at radius 3 is 2.52 bits per heavy atom. The number of carbonyl (C=O) groups is 2. The lowest BCUT2D eigenvalue weighted by Gasteiger charge is -2.37. The SMILES string of the molecule is Cc1cc(Cl)ccc1NC(=O)C1C[C@@H]2CCC[C@@H](C1)C2=O. The summed E-state index contributed by atoms with van der Waals surface area (Å²) in [5.74, 6) is 0.630. The van der Waals surface area contributed by atoms with Gasteiger partial charge < -0.3 is 5.32 Å². The number of anilines is 1. The molecule has 3 rings (SSSR count). The summed E-state index contributed by atoms with van der Waals surface area (Å²) in [5.41, 5.74) is 1.77. The number of hydrogen-bond donors (Lipinski definition) is 1. The van der Waals surface area contributed by atoms with Crippen LogP contribution in [-0.2, 0) is 9.59 Å². The summed E-state index contributed by atoms with van der Waals surface area (Å²) in [5, 5.41) is 3.67. The van der Waals surface area contributed by atoms with Gasteiger partial charge in [0.05, 0.1) is 0 Å². The maximum Gasteiger partial charge on any atom is 0.227 e. The van der Waals surface area contributed by atoms with Gasteiger partial charge in [0.15, 0.2) is 0 Å². The maximum atomic E-state index is 12.5. The van der Waals surface area contributed by atoms with Crippen molar-refractivity contribution >= 4 is 29.0 Å². The smallest absolute Gasteiger partial charge is 0.227 e. The number of carbonyl (C=O) groups excluding carboxylic acids is 2. The van der Waals surface area contributed by atoms with Gasteiger partial charge in [-0.3, -0.25) is 9.59 Å². The minimum atomic E-state index is -0.0342. The van der Waals surface area contributed by atoms with E-state index in [9.17, 15) is 9.59 Å². The molecule has 1 aromatic carbocycles. The molecule has 0 unspecified atom stereocenters. The van der Waals surface area contributed by atoms with E-state index in [4.69, 9.17) is 11.6 Å². The highest BCUT2D eigenvalue weighted by atomic mass is 35.5. The van der Waals surface area contributed by atoms with Gasteiger partial charge in [-0.05, 0) is 56.4 Å². The molecule has 0 radical (unpaired) electrons. The van der Waals surface area contributed by atoms with E-state index >= 15 is 0 Å².